The molecular weight excluding hydrogens is 490 g/mol. The van der Waals surface area contributed by atoms with Crippen molar-refractivity contribution in [3.8, 4) is 11.1 Å². The van der Waals surface area contributed by atoms with Gasteiger partial charge in [0.25, 0.3) is 5.91 Å². The first-order valence-electron chi connectivity index (χ1n) is 12.7. The van der Waals surface area contributed by atoms with Gasteiger partial charge in [-0.25, -0.2) is 9.59 Å². The molecule has 0 bridgehead atoms. The van der Waals surface area contributed by atoms with Gasteiger partial charge in [-0.05, 0) is 79.5 Å². The van der Waals surface area contributed by atoms with Crippen molar-refractivity contribution in [2.45, 2.75) is 51.7 Å². The average Bonchev–Trinajstić information content (AvgIpc) is 2.90. The summed E-state index contributed by atoms with van der Waals surface area (Å²) in [7, 11) is 0. The van der Waals surface area contributed by atoms with Crippen molar-refractivity contribution in [1.29, 1.82) is 0 Å². The molecule has 1 aliphatic rings. The molecule has 37 heavy (non-hydrogen) atoms. The van der Waals surface area contributed by atoms with Crippen LogP contribution in [0.4, 0.5) is 4.79 Å². The van der Waals surface area contributed by atoms with Gasteiger partial charge in [-0.1, -0.05) is 30.3 Å². The van der Waals surface area contributed by atoms with E-state index in [0.717, 1.165) is 35.1 Å². The Hall–Kier alpha value is -3.04. The summed E-state index contributed by atoms with van der Waals surface area (Å²) in [5.74, 6) is -0.780. The molecule has 3 rings (SSSR count). The first-order chi connectivity index (χ1) is 17.8. The fraction of sp³-hybridized carbons (Fsp3) is 0.464. The molecule has 0 unspecified atom stereocenters. The van der Waals surface area contributed by atoms with Crippen LogP contribution in [0.1, 0.15) is 47.7 Å². The van der Waals surface area contributed by atoms with E-state index < -0.39 is 17.9 Å². The van der Waals surface area contributed by atoms with Crippen molar-refractivity contribution in [1.82, 2.24) is 15.5 Å². The Balaban J connectivity index is 1.75. The number of aliphatic carboxylic acids is 1. The van der Waals surface area contributed by atoms with E-state index in [4.69, 9.17) is 4.74 Å². The van der Waals surface area contributed by atoms with Gasteiger partial charge in [-0.3, -0.25) is 4.79 Å². The zero-order chi connectivity index (χ0) is 26.8. The Bertz CT molecular complexity index is 1090. The van der Waals surface area contributed by atoms with Crippen molar-refractivity contribution in [3.05, 3.63) is 59.2 Å². The number of likely N-dealkylation sites (tertiary alicyclic amines) is 1. The molecule has 0 radical (unpaired) electrons. The molecule has 1 saturated heterocycles. The van der Waals surface area contributed by atoms with Gasteiger partial charge in [-0.2, -0.15) is 11.8 Å². The van der Waals surface area contributed by atoms with Gasteiger partial charge in [0.2, 0.25) is 0 Å². The van der Waals surface area contributed by atoms with Gasteiger partial charge in [0.1, 0.15) is 6.04 Å². The maximum absolute atomic E-state index is 13.2. The lowest BCUT2D eigenvalue weighted by Gasteiger charge is -2.31. The van der Waals surface area contributed by atoms with Gasteiger partial charge in [0.05, 0.1) is 6.61 Å². The van der Waals surface area contributed by atoms with E-state index >= 15 is 0 Å². The van der Waals surface area contributed by atoms with E-state index in [-0.39, 0.29) is 12.1 Å². The molecule has 2 amide bonds. The van der Waals surface area contributed by atoms with Crippen LogP contribution in [0.5, 0.6) is 0 Å². The average molecular weight is 528 g/mol. The second-order valence-corrected chi connectivity index (χ2v) is 10.2. The number of nitrogens with zero attached hydrogens (tertiary/aromatic N) is 1. The van der Waals surface area contributed by atoms with Crippen LogP contribution in [0.25, 0.3) is 11.1 Å². The van der Waals surface area contributed by atoms with Crippen molar-refractivity contribution in [3.63, 3.8) is 0 Å². The first kappa shape index (κ1) is 28.5. The van der Waals surface area contributed by atoms with E-state index in [1.54, 1.807) is 22.7 Å². The summed E-state index contributed by atoms with van der Waals surface area (Å²) >= 11 is 1.55. The van der Waals surface area contributed by atoms with Crippen LogP contribution < -0.4 is 10.6 Å². The zero-order valence-corrected chi connectivity index (χ0v) is 22.6. The summed E-state index contributed by atoms with van der Waals surface area (Å²) in [5, 5.41) is 15.9. The minimum atomic E-state index is -1.03. The molecule has 2 aromatic rings. The maximum atomic E-state index is 13.2. The second-order valence-electron chi connectivity index (χ2n) is 9.18. The maximum Gasteiger partial charge on any atom is 0.409 e. The lowest BCUT2D eigenvalue weighted by molar-refractivity contribution is -0.139. The Morgan fingerprint density at radius 3 is 2.51 bits per heavy atom. The monoisotopic (exact) mass is 527 g/mol. The number of amides is 2. The van der Waals surface area contributed by atoms with Crippen LogP contribution in [0.3, 0.4) is 0 Å². The van der Waals surface area contributed by atoms with E-state index in [0.29, 0.717) is 44.0 Å². The molecule has 1 atom stereocenters. The molecule has 0 spiro atoms. The van der Waals surface area contributed by atoms with Crippen LogP contribution in [0.2, 0.25) is 0 Å². The normalized spacial score (nSPS) is 14.7. The summed E-state index contributed by atoms with van der Waals surface area (Å²) in [4.78, 5) is 38.6. The van der Waals surface area contributed by atoms with E-state index in [2.05, 4.69) is 10.6 Å². The van der Waals surface area contributed by atoms with Crippen LogP contribution in [0, 0.1) is 6.92 Å². The molecule has 0 aliphatic carbocycles. The Morgan fingerprint density at radius 1 is 1.14 bits per heavy atom. The predicted octanol–water partition coefficient (Wildman–Crippen LogP) is 4.31. The number of carboxylic acids is 1. The van der Waals surface area contributed by atoms with Crippen LogP contribution >= 0.6 is 11.8 Å². The minimum Gasteiger partial charge on any atom is -0.480 e. The van der Waals surface area contributed by atoms with Gasteiger partial charge >= 0.3 is 12.1 Å². The molecule has 2 aromatic carbocycles. The number of thioether (sulfide) groups is 1. The highest BCUT2D eigenvalue weighted by Crippen LogP contribution is 2.28. The number of aryl methyl sites for hydroxylation is 1. The molecule has 0 aromatic heterocycles. The van der Waals surface area contributed by atoms with Gasteiger partial charge in [0, 0.05) is 31.2 Å². The Labute approximate surface area is 223 Å². The van der Waals surface area contributed by atoms with Crippen molar-refractivity contribution in [2.24, 2.45) is 0 Å². The summed E-state index contributed by atoms with van der Waals surface area (Å²) < 4.78 is 5.10. The molecule has 200 valence electrons. The lowest BCUT2D eigenvalue weighted by Crippen LogP contribution is -2.44. The third-order valence-corrected chi connectivity index (χ3v) is 7.24. The molecular formula is C28H37N3O5S. The predicted molar refractivity (Wildman–Crippen MR) is 147 cm³/mol. The van der Waals surface area contributed by atoms with Gasteiger partial charge in [-0.15, -0.1) is 0 Å². The fourth-order valence-electron chi connectivity index (χ4n) is 4.47. The number of piperidine rings is 1. The number of benzene rings is 2. The van der Waals surface area contributed by atoms with E-state index in [9.17, 15) is 19.5 Å². The summed E-state index contributed by atoms with van der Waals surface area (Å²) in [6.45, 7) is 6.12. The largest absolute Gasteiger partial charge is 0.480 e. The number of ether oxygens (including phenoxy) is 1. The van der Waals surface area contributed by atoms with Crippen molar-refractivity contribution >= 4 is 29.7 Å². The molecule has 9 heteroatoms. The zero-order valence-electron chi connectivity index (χ0n) is 21.8. The third-order valence-electron chi connectivity index (χ3n) is 6.59. The Kier molecular flexibility index (Phi) is 10.8. The third kappa shape index (κ3) is 7.97. The smallest absolute Gasteiger partial charge is 0.409 e. The summed E-state index contributed by atoms with van der Waals surface area (Å²) in [6.07, 6.45) is 3.70. The number of carboxylic acid groups (broad SMARTS) is 1. The van der Waals surface area contributed by atoms with E-state index in [1.165, 1.54) is 0 Å². The highest BCUT2D eigenvalue weighted by Gasteiger charge is 2.24. The Morgan fingerprint density at radius 2 is 1.86 bits per heavy atom. The molecule has 3 N–H and O–H groups in total. The van der Waals surface area contributed by atoms with Crippen molar-refractivity contribution in [2.75, 3.05) is 31.7 Å². The van der Waals surface area contributed by atoms with Crippen molar-refractivity contribution < 1.29 is 24.2 Å². The molecule has 1 aliphatic heterocycles. The number of hydrogen-bond donors (Lipinski definition) is 3. The van der Waals surface area contributed by atoms with Crippen LogP contribution in [0.15, 0.2) is 42.5 Å². The quantitative estimate of drug-likeness (QED) is 0.400. The number of hydrogen-bond acceptors (Lipinski definition) is 6. The first-order valence-corrected chi connectivity index (χ1v) is 14.1. The molecule has 8 nitrogen and oxygen atoms in total. The number of nitrogens with one attached hydrogen (secondary N) is 2. The summed E-state index contributed by atoms with van der Waals surface area (Å²) in [6, 6.07) is 12.9. The number of carbonyl (C=O) groups excluding carboxylic acids is 2. The highest BCUT2D eigenvalue weighted by atomic mass is 32.2. The van der Waals surface area contributed by atoms with Gasteiger partial charge in [0.15, 0.2) is 0 Å². The standard InChI is InChI=1S/C28H37N3O5S/c1-4-36-28(35)31-14-11-21(12-15-31)29-18-20-9-10-23(24(17-20)22-8-6-5-7-19(22)2)26(32)30-25(27(33)34)13-16-37-3/h5-10,17,21,25,29H,4,11-16,18H2,1-3H3,(H,30,32)(H,33,34)/t25-/m0/s1. The summed E-state index contributed by atoms with van der Waals surface area (Å²) in [5.41, 5.74) is 4.23. The number of rotatable bonds is 11. The molecule has 0 saturated carbocycles. The SMILES string of the molecule is CCOC(=O)N1CCC(NCc2ccc(C(=O)N[C@@H](CCSC)C(=O)O)c(-c3ccccc3C)c2)CC1. The number of carbonyl (C=O) groups is 3. The molecule has 1 fully saturated rings. The second kappa shape index (κ2) is 14.0. The highest BCUT2D eigenvalue weighted by molar-refractivity contribution is 7.98. The lowest BCUT2D eigenvalue weighted by atomic mass is 9.93. The topological polar surface area (TPSA) is 108 Å². The van der Waals surface area contributed by atoms with E-state index in [1.807, 2.05) is 56.5 Å². The van der Waals surface area contributed by atoms with Crippen LogP contribution in [-0.2, 0) is 16.1 Å². The van der Waals surface area contributed by atoms with Gasteiger partial charge < -0.3 is 25.4 Å². The fourth-order valence-corrected chi connectivity index (χ4v) is 4.94. The van der Waals surface area contributed by atoms with Crippen LogP contribution in [-0.4, -0.2) is 71.8 Å². The molecule has 1 heterocycles. The minimum absolute atomic E-state index is 0.253.